The molecule has 2 atom stereocenters. The summed E-state index contributed by atoms with van der Waals surface area (Å²) in [4.78, 5) is 5.50. The van der Waals surface area contributed by atoms with Crippen molar-refractivity contribution in [1.82, 2.24) is 4.90 Å². The summed E-state index contributed by atoms with van der Waals surface area (Å²) in [5, 5.41) is 0. The maximum absolute atomic E-state index is 6.93. The van der Waals surface area contributed by atoms with Crippen molar-refractivity contribution >= 4 is 0 Å². The summed E-state index contributed by atoms with van der Waals surface area (Å²) in [7, 11) is 0. The van der Waals surface area contributed by atoms with Gasteiger partial charge in [0.15, 0.2) is 0 Å². The van der Waals surface area contributed by atoms with Gasteiger partial charge in [0.1, 0.15) is 6.54 Å². The Morgan fingerprint density at radius 1 is 1.67 bits per heavy atom. The predicted molar refractivity (Wildman–Crippen MR) is 49.2 cm³/mol. The van der Waals surface area contributed by atoms with E-state index in [1.807, 2.05) is 4.90 Å². The predicted octanol–water partition coefficient (Wildman–Crippen LogP) is 1.60. The van der Waals surface area contributed by atoms with Crippen LogP contribution in [0.2, 0.25) is 0 Å². The van der Waals surface area contributed by atoms with Crippen molar-refractivity contribution < 1.29 is 0 Å². The van der Waals surface area contributed by atoms with Crippen molar-refractivity contribution in [1.29, 1.82) is 0 Å². The van der Waals surface area contributed by atoms with Crippen LogP contribution in [0.5, 0.6) is 0 Å². The van der Waals surface area contributed by atoms with E-state index in [0.29, 0.717) is 12.0 Å². The Morgan fingerprint density at radius 3 is 2.67 bits per heavy atom. The Labute approximate surface area is 74.4 Å². The third-order valence-corrected chi connectivity index (χ3v) is 2.44. The van der Waals surface area contributed by atoms with Crippen LogP contribution >= 0.6 is 0 Å². The van der Waals surface area contributed by atoms with Gasteiger partial charge in [-0.2, -0.15) is 0 Å². The van der Waals surface area contributed by atoms with Gasteiger partial charge in [0.25, 0.3) is 0 Å². The molecule has 0 aromatic rings. The number of hydrogen-bond acceptors (Lipinski definition) is 1. The first-order valence-corrected chi connectivity index (χ1v) is 4.28. The highest BCUT2D eigenvalue weighted by atomic mass is 15.2. The Kier molecular flexibility index (Phi) is 2.61. The van der Waals surface area contributed by atoms with Crippen LogP contribution in [0.25, 0.3) is 4.85 Å². The van der Waals surface area contributed by atoms with Crippen LogP contribution in [0.3, 0.4) is 0 Å². The molecule has 0 spiro atoms. The lowest BCUT2D eigenvalue weighted by Crippen LogP contribution is -2.29. The molecule has 1 heterocycles. The zero-order valence-corrected chi connectivity index (χ0v) is 7.62. The van der Waals surface area contributed by atoms with E-state index in [1.54, 1.807) is 0 Å². The maximum Gasteiger partial charge on any atom is 0.243 e. The highest BCUT2D eigenvalue weighted by Gasteiger charge is 2.35. The fourth-order valence-corrected chi connectivity index (χ4v) is 1.72. The van der Waals surface area contributed by atoms with Gasteiger partial charge in [0, 0.05) is 18.5 Å². The third-order valence-electron chi connectivity index (χ3n) is 2.44. The lowest BCUT2D eigenvalue weighted by Gasteiger charge is -2.21. The monoisotopic (exact) mass is 162 g/mol. The minimum Gasteiger partial charge on any atom is -0.321 e. The molecule has 0 bridgehead atoms. The van der Waals surface area contributed by atoms with Crippen molar-refractivity contribution in [2.75, 3.05) is 6.54 Å². The van der Waals surface area contributed by atoms with Gasteiger partial charge in [-0.1, -0.05) is 20.3 Å². The molecule has 2 heteroatoms. The smallest absolute Gasteiger partial charge is 0.243 e. The highest BCUT2D eigenvalue weighted by molar-refractivity contribution is 5.03. The molecule has 2 nitrogen and oxygen atoms in total. The average Bonchev–Trinajstić information content (AvgIpc) is 2.47. The van der Waals surface area contributed by atoms with Gasteiger partial charge >= 0.3 is 0 Å². The number of hydrogen-bond donors (Lipinski definition) is 0. The van der Waals surface area contributed by atoms with Crippen LogP contribution in [0.4, 0.5) is 0 Å². The molecule has 1 aliphatic rings. The minimum absolute atomic E-state index is 0.119. The van der Waals surface area contributed by atoms with Crippen molar-refractivity contribution in [2.45, 2.75) is 32.4 Å². The van der Waals surface area contributed by atoms with Crippen molar-refractivity contribution in [3.05, 3.63) is 11.4 Å². The molecule has 64 valence electrons. The number of rotatable bonds is 1. The number of nitrogens with zero attached hydrogens (tertiary/aromatic N) is 2. The minimum atomic E-state index is 0.119. The van der Waals surface area contributed by atoms with Gasteiger partial charge in [-0.25, -0.2) is 6.57 Å². The van der Waals surface area contributed by atoms with E-state index in [0.717, 1.165) is 13.0 Å². The normalized spacial score (nSPS) is 28.6. The number of terminal acetylenes is 1. The Morgan fingerprint density at radius 2 is 2.33 bits per heavy atom. The largest absolute Gasteiger partial charge is 0.321 e. The standard InChI is InChI=1S/C10H14N2/c1-5-12-7-9(11-4)6-10(12)8(2)3/h1,8-10H,6-7H2,2-3H3/t9-,10?/m1/s1. The van der Waals surface area contributed by atoms with Crippen LogP contribution < -0.4 is 0 Å². The molecule has 0 radical (unpaired) electrons. The van der Waals surface area contributed by atoms with Crippen molar-refractivity contribution in [2.24, 2.45) is 5.92 Å². The van der Waals surface area contributed by atoms with Crippen LogP contribution in [-0.4, -0.2) is 23.5 Å². The Bertz CT molecular complexity index is 231. The van der Waals surface area contributed by atoms with Crippen LogP contribution in [0.15, 0.2) is 0 Å². The van der Waals surface area contributed by atoms with Gasteiger partial charge in [-0.15, -0.1) is 0 Å². The second-order valence-corrected chi connectivity index (χ2v) is 3.61. The summed E-state index contributed by atoms with van der Waals surface area (Å²) in [6.45, 7) is 12.0. The van der Waals surface area contributed by atoms with Gasteiger partial charge < -0.3 is 9.74 Å². The van der Waals surface area contributed by atoms with E-state index in [9.17, 15) is 0 Å². The zero-order valence-electron chi connectivity index (χ0n) is 7.62. The molecule has 1 saturated heterocycles. The summed E-state index contributed by atoms with van der Waals surface area (Å²) in [6.07, 6.45) is 6.29. The average molecular weight is 162 g/mol. The molecule has 0 saturated carbocycles. The van der Waals surface area contributed by atoms with Gasteiger partial charge in [0.2, 0.25) is 6.04 Å². The van der Waals surface area contributed by atoms with E-state index in [-0.39, 0.29) is 6.04 Å². The van der Waals surface area contributed by atoms with E-state index in [4.69, 9.17) is 13.0 Å². The van der Waals surface area contributed by atoms with Crippen molar-refractivity contribution in [3.63, 3.8) is 0 Å². The van der Waals surface area contributed by atoms with Gasteiger partial charge in [-0.3, -0.25) is 0 Å². The summed E-state index contributed by atoms with van der Waals surface area (Å²) in [5.74, 6) is 0.549. The molecule has 12 heavy (non-hydrogen) atoms. The first-order valence-electron chi connectivity index (χ1n) is 4.28. The molecule has 0 amide bonds. The molecular weight excluding hydrogens is 148 g/mol. The Balaban J connectivity index is 2.66. The van der Waals surface area contributed by atoms with E-state index in [1.165, 1.54) is 0 Å². The molecule has 1 unspecified atom stereocenters. The molecule has 1 aliphatic heterocycles. The SMILES string of the molecule is [C-]#[N+][C@@H]1CC(C(C)C)N(C#C)C1. The molecule has 1 fully saturated rings. The van der Waals surface area contributed by atoms with E-state index < -0.39 is 0 Å². The summed E-state index contributed by atoms with van der Waals surface area (Å²) in [5.41, 5.74) is 0. The molecule has 0 aromatic heterocycles. The van der Waals surface area contributed by atoms with Gasteiger partial charge in [-0.05, 0) is 5.92 Å². The fraction of sp³-hybridized carbons (Fsp3) is 0.700. The molecule has 1 rings (SSSR count). The Hall–Kier alpha value is -1.15. The van der Waals surface area contributed by atoms with Crippen LogP contribution in [0.1, 0.15) is 20.3 Å². The second kappa shape index (κ2) is 3.50. The number of likely N-dealkylation sites (tertiary alicyclic amines) is 1. The second-order valence-electron chi connectivity index (χ2n) is 3.61. The van der Waals surface area contributed by atoms with E-state index in [2.05, 4.69) is 24.7 Å². The molecule has 0 N–H and O–H groups in total. The molecular formula is C10H14N2. The quantitative estimate of drug-likeness (QED) is 0.420. The topological polar surface area (TPSA) is 7.60 Å². The third kappa shape index (κ3) is 1.53. The lowest BCUT2D eigenvalue weighted by atomic mass is 10.0. The zero-order chi connectivity index (χ0) is 9.14. The van der Waals surface area contributed by atoms with Crippen LogP contribution in [-0.2, 0) is 0 Å². The maximum atomic E-state index is 6.93. The lowest BCUT2D eigenvalue weighted by molar-refractivity contribution is 0.295. The molecule has 0 aliphatic carbocycles. The summed E-state index contributed by atoms with van der Waals surface area (Å²) in [6, 6.07) is 3.18. The fourth-order valence-electron chi connectivity index (χ4n) is 1.72. The first-order chi connectivity index (χ1) is 5.69. The molecule has 0 aromatic carbocycles. The van der Waals surface area contributed by atoms with Crippen molar-refractivity contribution in [3.8, 4) is 12.5 Å². The summed E-state index contributed by atoms with van der Waals surface area (Å²) < 4.78 is 0. The van der Waals surface area contributed by atoms with Crippen LogP contribution in [0, 0.1) is 25.0 Å². The highest BCUT2D eigenvalue weighted by Crippen LogP contribution is 2.24. The first kappa shape index (κ1) is 8.94. The van der Waals surface area contributed by atoms with E-state index >= 15 is 0 Å². The van der Waals surface area contributed by atoms with Gasteiger partial charge in [0.05, 0.1) is 0 Å². The summed E-state index contributed by atoms with van der Waals surface area (Å²) >= 11 is 0.